The molecule has 0 fully saturated rings. The number of amides is 3. The number of hydrogen-bond acceptors (Lipinski definition) is 4. The summed E-state index contributed by atoms with van der Waals surface area (Å²) >= 11 is 0. The fourth-order valence-electron chi connectivity index (χ4n) is 3.43. The number of rotatable bonds is 5. The minimum Gasteiger partial charge on any atom is -0.497 e. The summed E-state index contributed by atoms with van der Waals surface area (Å²) < 4.78 is 10.7. The summed E-state index contributed by atoms with van der Waals surface area (Å²) in [7, 11) is 3.10. The van der Waals surface area contributed by atoms with Crippen LogP contribution in [0.3, 0.4) is 0 Å². The number of allylic oxidation sites excluding steroid dienone is 1. The normalized spacial score (nSPS) is 16.0. The van der Waals surface area contributed by atoms with Crippen LogP contribution < -0.4 is 25.4 Å². The summed E-state index contributed by atoms with van der Waals surface area (Å²) in [4.78, 5) is 25.3. The Morgan fingerprint density at radius 3 is 2.45 bits per heavy atom. The Kier molecular flexibility index (Phi) is 5.77. The molecule has 2 aromatic carbocycles. The molecular formula is C22H25N3O4. The van der Waals surface area contributed by atoms with Gasteiger partial charge in [-0.25, -0.2) is 4.79 Å². The van der Waals surface area contributed by atoms with Crippen molar-refractivity contribution in [3.8, 4) is 11.5 Å². The van der Waals surface area contributed by atoms with Crippen LogP contribution in [0, 0.1) is 13.8 Å². The van der Waals surface area contributed by atoms with Gasteiger partial charge in [-0.1, -0.05) is 17.7 Å². The second-order valence-electron chi connectivity index (χ2n) is 6.95. The third-order valence-electron chi connectivity index (χ3n) is 4.90. The van der Waals surface area contributed by atoms with E-state index in [0.717, 1.165) is 16.8 Å². The van der Waals surface area contributed by atoms with Gasteiger partial charge in [0, 0.05) is 23.0 Å². The number of methoxy groups -OCH3 is 2. The first-order chi connectivity index (χ1) is 13.8. The molecule has 3 rings (SSSR count). The first-order valence-corrected chi connectivity index (χ1v) is 9.23. The number of nitrogens with one attached hydrogen (secondary N) is 3. The zero-order valence-electron chi connectivity index (χ0n) is 17.2. The lowest BCUT2D eigenvalue weighted by molar-refractivity contribution is -0.113. The Balaban J connectivity index is 2.01. The van der Waals surface area contributed by atoms with Crippen molar-refractivity contribution in [3.05, 3.63) is 64.4 Å². The van der Waals surface area contributed by atoms with Crippen LogP contribution in [0.15, 0.2) is 47.7 Å². The van der Waals surface area contributed by atoms with Crippen LogP contribution in [0.2, 0.25) is 0 Å². The van der Waals surface area contributed by atoms with Crippen molar-refractivity contribution in [1.29, 1.82) is 0 Å². The summed E-state index contributed by atoms with van der Waals surface area (Å²) in [6.07, 6.45) is 0. The Morgan fingerprint density at radius 2 is 1.79 bits per heavy atom. The molecule has 7 heteroatoms. The molecule has 0 unspecified atom stereocenters. The van der Waals surface area contributed by atoms with Crippen molar-refractivity contribution in [2.75, 3.05) is 19.5 Å². The van der Waals surface area contributed by atoms with Crippen molar-refractivity contribution < 1.29 is 19.1 Å². The van der Waals surface area contributed by atoms with Crippen molar-refractivity contribution >= 4 is 17.6 Å². The lowest BCUT2D eigenvalue weighted by atomic mass is 9.93. The number of anilines is 1. The molecule has 2 aromatic rings. The molecule has 29 heavy (non-hydrogen) atoms. The van der Waals surface area contributed by atoms with Crippen LogP contribution in [0.25, 0.3) is 0 Å². The molecule has 152 valence electrons. The highest BCUT2D eigenvalue weighted by atomic mass is 16.5. The Bertz CT molecular complexity index is 998. The molecule has 3 amide bonds. The first-order valence-electron chi connectivity index (χ1n) is 9.23. The van der Waals surface area contributed by atoms with Gasteiger partial charge in [0.25, 0.3) is 5.91 Å². The molecule has 0 spiro atoms. The molecule has 3 N–H and O–H groups in total. The molecule has 1 heterocycles. The van der Waals surface area contributed by atoms with Gasteiger partial charge in [0.15, 0.2) is 0 Å². The van der Waals surface area contributed by atoms with Gasteiger partial charge in [0.2, 0.25) is 0 Å². The van der Waals surface area contributed by atoms with E-state index in [-0.39, 0.29) is 11.9 Å². The minimum atomic E-state index is -0.671. The fraction of sp³-hybridized carbons (Fsp3) is 0.273. The second kappa shape index (κ2) is 8.26. The van der Waals surface area contributed by atoms with Crippen LogP contribution in [-0.2, 0) is 4.79 Å². The van der Waals surface area contributed by atoms with Crippen LogP contribution in [-0.4, -0.2) is 26.2 Å². The lowest BCUT2D eigenvalue weighted by Gasteiger charge is -2.29. The van der Waals surface area contributed by atoms with Gasteiger partial charge >= 0.3 is 6.03 Å². The second-order valence-corrected chi connectivity index (χ2v) is 6.95. The monoisotopic (exact) mass is 395 g/mol. The SMILES string of the molecule is COc1ccc([C@@H]2NC(=O)NC(C)=C2C(=O)Nc2ccc(C)cc2C)c(OC)c1. The van der Waals surface area contributed by atoms with E-state index >= 15 is 0 Å². The Labute approximate surface area is 170 Å². The molecule has 1 aliphatic heterocycles. The number of aryl methyl sites for hydroxylation is 2. The molecule has 0 bridgehead atoms. The van der Waals surface area contributed by atoms with E-state index in [1.807, 2.05) is 32.0 Å². The number of carbonyl (C=O) groups excluding carboxylic acids is 2. The van der Waals surface area contributed by atoms with E-state index in [1.165, 1.54) is 7.11 Å². The minimum absolute atomic E-state index is 0.301. The number of urea groups is 1. The van der Waals surface area contributed by atoms with Crippen molar-refractivity contribution in [2.24, 2.45) is 0 Å². The molecule has 0 saturated carbocycles. The number of ether oxygens (including phenoxy) is 2. The maximum Gasteiger partial charge on any atom is 0.319 e. The van der Waals surface area contributed by atoms with E-state index in [0.29, 0.717) is 28.3 Å². The zero-order chi connectivity index (χ0) is 21.1. The van der Waals surface area contributed by atoms with Gasteiger partial charge in [-0.2, -0.15) is 0 Å². The van der Waals surface area contributed by atoms with Crippen molar-refractivity contribution in [1.82, 2.24) is 10.6 Å². The maximum absolute atomic E-state index is 13.2. The van der Waals surface area contributed by atoms with Gasteiger partial charge in [-0.15, -0.1) is 0 Å². The molecule has 0 saturated heterocycles. The fourth-order valence-corrected chi connectivity index (χ4v) is 3.43. The van der Waals surface area contributed by atoms with Gasteiger partial charge in [0.05, 0.1) is 25.8 Å². The third kappa shape index (κ3) is 4.18. The highest BCUT2D eigenvalue weighted by Crippen LogP contribution is 2.35. The van der Waals surface area contributed by atoms with Gasteiger partial charge in [0.1, 0.15) is 11.5 Å². The highest BCUT2D eigenvalue weighted by molar-refractivity contribution is 6.07. The topological polar surface area (TPSA) is 88.7 Å². The zero-order valence-corrected chi connectivity index (χ0v) is 17.2. The quantitative estimate of drug-likeness (QED) is 0.722. The predicted molar refractivity (Wildman–Crippen MR) is 111 cm³/mol. The van der Waals surface area contributed by atoms with Crippen LogP contribution in [0.4, 0.5) is 10.5 Å². The summed E-state index contributed by atoms with van der Waals surface area (Å²) in [5, 5.41) is 8.47. The average Bonchev–Trinajstić information content (AvgIpc) is 2.68. The first kappa shape index (κ1) is 20.3. The average molecular weight is 395 g/mol. The van der Waals surface area contributed by atoms with E-state index < -0.39 is 6.04 Å². The van der Waals surface area contributed by atoms with Crippen LogP contribution in [0.5, 0.6) is 11.5 Å². The highest BCUT2D eigenvalue weighted by Gasteiger charge is 2.33. The van der Waals surface area contributed by atoms with E-state index in [1.54, 1.807) is 32.2 Å². The predicted octanol–water partition coefficient (Wildman–Crippen LogP) is 3.59. The van der Waals surface area contributed by atoms with Crippen LogP contribution in [0.1, 0.15) is 29.7 Å². The Morgan fingerprint density at radius 1 is 1.03 bits per heavy atom. The van der Waals surface area contributed by atoms with Gasteiger partial charge in [-0.3, -0.25) is 4.79 Å². The molecule has 1 atom stereocenters. The summed E-state index contributed by atoms with van der Waals surface area (Å²) in [6, 6.07) is 10.0. The molecule has 7 nitrogen and oxygen atoms in total. The van der Waals surface area contributed by atoms with E-state index in [4.69, 9.17) is 9.47 Å². The maximum atomic E-state index is 13.2. The van der Waals surface area contributed by atoms with Gasteiger partial charge in [-0.05, 0) is 44.5 Å². The van der Waals surface area contributed by atoms with Gasteiger partial charge < -0.3 is 25.4 Å². The molecule has 1 aliphatic rings. The summed E-state index contributed by atoms with van der Waals surface area (Å²) in [6.45, 7) is 5.64. The largest absolute Gasteiger partial charge is 0.497 e. The third-order valence-corrected chi connectivity index (χ3v) is 4.90. The number of hydrogen-bond donors (Lipinski definition) is 3. The molecule has 0 radical (unpaired) electrons. The standard InChI is InChI=1S/C22H25N3O4/c1-12-6-9-17(13(2)10-12)24-21(26)19-14(3)23-22(27)25-20(19)16-8-7-15(28-4)11-18(16)29-5/h6-11,20H,1-5H3,(H,24,26)(H2,23,25,27)/t20-/m0/s1. The van der Waals surface area contributed by atoms with E-state index in [2.05, 4.69) is 16.0 Å². The summed E-state index contributed by atoms with van der Waals surface area (Å²) in [5.74, 6) is 0.832. The molecule has 0 aromatic heterocycles. The van der Waals surface area contributed by atoms with E-state index in [9.17, 15) is 9.59 Å². The Hall–Kier alpha value is -3.48. The smallest absolute Gasteiger partial charge is 0.319 e. The lowest BCUT2D eigenvalue weighted by Crippen LogP contribution is -2.46. The number of benzene rings is 2. The number of carbonyl (C=O) groups is 2. The summed E-state index contributed by atoms with van der Waals surface area (Å²) in [5.41, 5.74) is 4.35. The van der Waals surface area contributed by atoms with Crippen molar-refractivity contribution in [2.45, 2.75) is 26.8 Å². The van der Waals surface area contributed by atoms with Crippen molar-refractivity contribution in [3.63, 3.8) is 0 Å². The molecular weight excluding hydrogens is 370 g/mol. The molecule has 0 aliphatic carbocycles. The van der Waals surface area contributed by atoms with Crippen LogP contribution >= 0.6 is 0 Å².